The zero-order chi connectivity index (χ0) is 10.7. The number of nitrogens with zero attached hydrogens (tertiary/aromatic N) is 6. The van der Waals surface area contributed by atoms with Crippen molar-refractivity contribution in [2.45, 2.75) is 0 Å². The molecule has 0 fully saturated rings. The van der Waals surface area contributed by atoms with E-state index in [1.807, 2.05) is 0 Å². The molecule has 0 aliphatic rings. The quantitative estimate of drug-likeness (QED) is 0.262. The Kier molecular flexibility index (Phi) is 163. The van der Waals surface area contributed by atoms with Gasteiger partial charge < -0.3 is 54.8 Å². The molecule has 0 heterocycles. The molecule has 0 aliphatic carbocycles. The van der Waals surface area contributed by atoms with Gasteiger partial charge in [-0.15, -0.1) is 0 Å². The summed E-state index contributed by atoms with van der Waals surface area (Å²) in [7, 11) is -6.17. The molecule has 0 saturated heterocycles. The van der Waals surface area contributed by atoms with Gasteiger partial charge in [-0.05, 0) is 0 Å². The third-order valence-corrected chi connectivity index (χ3v) is 4.89. The summed E-state index contributed by atoms with van der Waals surface area (Å²) in [6.45, 7) is 0. The van der Waals surface area contributed by atoms with Gasteiger partial charge in [0.2, 0.25) is 0 Å². The summed E-state index contributed by atoms with van der Waals surface area (Å²) in [4.78, 5) is 6.19. The van der Waals surface area contributed by atoms with E-state index in [1.54, 1.807) is 0 Å². The Labute approximate surface area is 323 Å². The van der Waals surface area contributed by atoms with Crippen molar-refractivity contribution in [3.05, 3.63) is 0 Å². The first kappa shape index (κ1) is 110. The van der Waals surface area contributed by atoms with Crippen molar-refractivity contribution in [1.82, 2.24) is 0 Å². The molecular formula is C6H24FeK4N6O10. The second-order valence-electron chi connectivity index (χ2n) is 1.80. The van der Waals surface area contributed by atoms with Crippen LogP contribution in [0.25, 0.3) is 0 Å². The average molecular weight is 553 g/mol. The molecule has 150 valence electrons. The van der Waals surface area contributed by atoms with Crippen molar-refractivity contribution in [2.24, 2.45) is 0 Å². The Balaban J connectivity index is -0.00000000791. The zero-order valence-corrected chi connectivity index (χ0v) is 12.1. The Morgan fingerprint density at radius 1 is 0.296 bits per heavy atom. The Morgan fingerprint density at radius 3 is 0.370 bits per heavy atom. The second kappa shape index (κ2) is 40.0. The maximum atomic E-state index is 8.58. The Bertz CT molecular complexity index is 426. The molecule has 0 aromatic rings. The summed E-state index contributed by atoms with van der Waals surface area (Å²) in [6.07, 6.45) is 0. The summed E-state index contributed by atoms with van der Waals surface area (Å²) >= 11 is 0. The van der Waals surface area contributed by atoms with Crippen LogP contribution < -0.4 is 0 Å². The molecule has 0 bridgehead atoms. The fourth-order valence-electron chi connectivity index (χ4n) is 0.265. The van der Waals surface area contributed by atoms with Crippen LogP contribution in [0.15, 0.2) is 0 Å². The molecule has 0 aromatic carbocycles. The summed E-state index contributed by atoms with van der Waals surface area (Å²) in [5, 5.41) is 51.5. The molecule has 0 atom stereocenters. The SMILES string of the molecule is N#[C][Fe]([C]#N)([C]#N)([C]#N)([C]#N)[C]#N.O.O.O.O.O.O.O.O.O.O.[KH].[KH].[KH].[KH]. The van der Waals surface area contributed by atoms with Gasteiger partial charge in [0.05, 0.1) is 0 Å². The summed E-state index contributed by atoms with van der Waals surface area (Å²) < 4.78 is 0. The van der Waals surface area contributed by atoms with Crippen LogP contribution in [0.2, 0.25) is 0 Å². The van der Waals surface area contributed by atoms with Crippen LogP contribution in [0.4, 0.5) is 0 Å². The fourth-order valence-corrected chi connectivity index (χ4v) is 1.09. The summed E-state index contributed by atoms with van der Waals surface area (Å²) in [6, 6.07) is 0. The van der Waals surface area contributed by atoms with Crippen LogP contribution in [0.1, 0.15) is 0 Å². The first-order chi connectivity index (χ1) is 5.97. The molecule has 0 radical (unpaired) electrons. The van der Waals surface area contributed by atoms with Gasteiger partial charge in [0, 0.05) is 0 Å². The standard InChI is InChI=1S/6CN.Fe.4K.10H2O.4H/c6*1-2;;;;;;;;;;;;;;;;;;;/h;;;;;;;;;;;10*1H2;;;;. The molecule has 0 saturated carbocycles. The first-order valence-electron chi connectivity index (χ1n) is 2.40. The topological polar surface area (TPSA) is 458 Å². The van der Waals surface area contributed by atoms with Crippen molar-refractivity contribution >= 4 is 206 Å². The molecule has 0 aliphatic heterocycles. The third-order valence-electron chi connectivity index (χ3n) is 1.19. The van der Waals surface area contributed by atoms with Crippen molar-refractivity contribution in [3.8, 4) is 29.8 Å². The van der Waals surface area contributed by atoms with Crippen LogP contribution >= 0.6 is 0 Å². The molecule has 0 aromatic heterocycles. The van der Waals surface area contributed by atoms with Gasteiger partial charge in [-0.3, -0.25) is 0 Å². The van der Waals surface area contributed by atoms with Crippen LogP contribution in [0.5, 0.6) is 0 Å². The average Bonchev–Trinajstić information content (AvgIpc) is 2.26. The minimum absolute atomic E-state index is 0. The Hall–Kier alpha value is 3.60. The van der Waals surface area contributed by atoms with Gasteiger partial charge in [0.15, 0.2) is 0 Å². The predicted octanol–water partition coefficient (Wildman–Crippen LogP) is -10.7. The first-order valence-corrected chi connectivity index (χ1v) is 5.71. The normalized spacial score (nSPS) is 6.44. The van der Waals surface area contributed by atoms with E-state index in [1.165, 1.54) is 0 Å². The molecule has 0 amide bonds. The molecule has 20 N–H and O–H groups in total. The molecule has 16 nitrogen and oxygen atoms in total. The number of hydrogen-bond donors (Lipinski definition) is 0. The van der Waals surface area contributed by atoms with Crippen molar-refractivity contribution in [2.75, 3.05) is 0 Å². The van der Waals surface area contributed by atoms with Gasteiger partial charge in [-0.2, -0.15) is 0 Å². The van der Waals surface area contributed by atoms with E-state index in [2.05, 4.69) is 0 Å². The van der Waals surface area contributed by atoms with Crippen LogP contribution in [-0.4, -0.2) is 260 Å². The molecule has 27 heavy (non-hydrogen) atoms. The van der Waals surface area contributed by atoms with Crippen LogP contribution in [0, 0.1) is 61.4 Å². The van der Waals surface area contributed by atoms with E-state index in [0.29, 0.717) is 0 Å². The summed E-state index contributed by atoms with van der Waals surface area (Å²) in [5.41, 5.74) is 0. The summed E-state index contributed by atoms with van der Waals surface area (Å²) in [5.74, 6) is 0. The van der Waals surface area contributed by atoms with E-state index < -0.39 is 10.7 Å². The van der Waals surface area contributed by atoms with Gasteiger partial charge in [0.25, 0.3) is 0 Å². The van der Waals surface area contributed by atoms with E-state index in [4.69, 9.17) is 31.6 Å². The fraction of sp³-hybridized carbons (Fsp3) is 0. The van der Waals surface area contributed by atoms with Gasteiger partial charge in [-0.25, -0.2) is 0 Å². The van der Waals surface area contributed by atoms with Gasteiger partial charge in [0.1, 0.15) is 0 Å². The Morgan fingerprint density at radius 2 is 0.370 bits per heavy atom. The minimum atomic E-state index is -6.17. The van der Waals surface area contributed by atoms with E-state index >= 15 is 0 Å². The van der Waals surface area contributed by atoms with E-state index in [-0.39, 0.29) is 260 Å². The van der Waals surface area contributed by atoms with E-state index in [9.17, 15) is 0 Å². The second-order valence-corrected chi connectivity index (χ2v) is 7.42. The number of nitriles is 6. The van der Waals surface area contributed by atoms with Crippen LogP contribution in [-0.2, 0) is 10.7 Å². The predicted molar refractivity (Wildman–Crippen MR) is 98.4 cm³/mol. The molecule has 0 rings (SSSR count). The van der Waals surface area contributed by atoms with Gasteiger partial charge in [-0.1, -0.05) is 0 Å². The van der Waals surface area contributed by atoms with Crippen molar-refractivity contribution in [1.29, 1.82) is 31.6 Å². The monoisotopic (exact) mass is 552 g/mol. The molecule has 0 unspecified atom stereocenters. The third kappa shape index (κ3) is 20.0. The number of rotatable bonds is 0. The van der Waals surface area contributed by atoms with Crippen molar-refractivity contribution < 1.29 is 65.5 Å². The molecule has 0 spiro atoms. The maximum absolute atomic E-state index is 8.58. The number of hydrogen-bond acceptors (Lipinski definition) is 6. The molecule has 21 heteroatoms. The zero-order valence-electron chi connectivity index (χ0n) is 11.0. The van der Waals surface area contributed by atoms with Crippen molar-refractivity contribution in [3.63, 3.8) is 0 Å². The van der Waals surface area contributed by atoms with Crippen LogP contribution in [0.3, 0.4) is 0 Å². The van der Waals surface area contributed by atoms with E-state index in [0.717, 1.165) is 29.8 Å². The molecular weight excluding hydrogens is 528 g/mol. The van der Waals surface area contributed by atoms with Gasteiger partial charge >= 0.3 is 278 Å².